The molecule has 2 aromatic carbocycles. The molecule has 0 spiro atoms. The number of fused-ring (bicyclic) bond motifs is 1. The molecule has 2 atom stereocenters. The summed E-state index contributed by atoms with van der Waals surface area (Å²) in [5.41, 5.74) is 2.70. The number of halogens is 1. The summed E-state index contributed by atoms with van der Waals surface area (Å²) in [6, 6.07) is 12.5. The van der Waals surface area contributed by atoms with Crippen LogP contribution in [0.2, 0.25) is 5.02 Å². The number of H-pyrrole nitrogens is 1. The van der Waals surface area contributed by atoms with E-state index in [0.717, 1.165) is 10.9 Å². The van der Waals surface area contributed by atoms with Gasteiger partial charge in [0.1, 0.15) is 5.69 Å². The molecule has 3 aromatic rings. The van der Waals surface area contributed by atoms with Crippen molar-refractivity contribution in [2.24, 2.45) is 0 Å². The summed E-state index contributed by atoms with van der Waals surface area (Å²) in [6.45, 7) is 1.88. The lowest BCUT2D eigenvalue weighted by atomic mass is 9.96. The second-order valence-corrected chi connectivity index (χ2v) is 6.88. The van der Waals surface area contributed by atoms with Gasteiger partial charge in [0.2, 0.25) is 5.91 Å². The van der Waals surface area contributed by atoms with Gasteiger partial charge >= 0.3 is 5.97 Å². The van der Waals surface area contributed by atoms with Crippen LogP contribution < -0.4 is 5.32 Å². The highest BCUT2D eigenvalue weighted by atomic mass is 35.5. The van der Waals surface area contributed by atoms with Crippen molar-refractivity contribution in [3.63, 3.8) is 0 Å². The third-order valence-corrected chi connectivity index (χ3v) is 5.18. The normalized spacial score (nSPS) is 12.1. The van der Waals surface area contributed by atoms with E-state index in [9.17, 15) is 14.7 Å². The van der Waals surface area contributed by atoms with Gasteiger partial charge in [-0.2, -0.15) is 0 Å². The molecular formula is C19H18ClN2O3P. The molecule has 7 heteroatoms. The zero-order chi connectivity index (χ0) is 18.8. The lowest BCUT2D eigenvalue weighted by molar-refractivity contribution is -0.117. The van der Waals surface area contributed by atoms with Crippen LogP contribution in [-0.2, 0) is 4.79 Å². The standard InChI is InChI=1S/C19H18ClN2O3P/c1-10-6-7-11(8-14(10)20)21-18(23)13(9-26)16-12-4-2-3-5-15(12)22-17(16)19(24)25/h2-8,13,22H,9,26H2,1H3,(H,21,23)(H,24,25). The summed E-state index contributed by atoms with van der Waals surface area (Å²) >= 11 is 6.12. The summed E-state index contributed by atoms with van der Waals surface area (Å²) in [4.78, 5) is 27.5. The highest BCUT2D eigenvalue weighted by Crippen LogP contribution is 2.32. The minimum absolute atomic E-state index is 0.0377. The number of aromatic amines is 1. The maximum Gasteiger partial charge on any atom is 0.352 e. The Kier molecular flexibility index (Phi) is 5.30. The number of aromatic nitrogens is 1. The van der Waals surface area contributed by atoms with Gasteiger partial charge in [-0.25, -0.2) is 4.79 Å². The molecule has 0 fully saturated rings. The van der Waals surface area contributed by atoms with Gasteiger partial charge in [0.15, 0.2) is 0 Å². The fourth-order valence-electron chi connectivity index (χ4n) is 2.95. The van der Waals surface area contributed by atoms with Crippen LogP contribution in [-0.4, -0.2) is 28.1 Å². The molecular weight excluding hydrogens is 371 g/mol. The summed E-state index contributed by atoms with van der Waals surface area (Å²) in [5.74, 6) is -2.01. The van der Waals surface area contributed by atoms with Crippen molar-refractivity contribution in [3.05, 3.63) is 64.3 Å². The highest BCUT2D eigenvalue weighted by Gasteiger charge is 2.28. The number of aromatic carboxylic acids is 1. The van der Waals surface area contributed by atoms with Gasteiger partial charge in [0.25, 0.3) is 0 Å². The maximum absolute atomic E-state index is 12.9. The second-order valence-electron chi connectivity index (χ2n) is 6.01. The van der Waals surface area contributed by atoms with Crippen molar-refractivity contribution in [1.82, 2.24) is 4.98 Å². The van der Waals surface area contributed by atoms with E-state index in [2.05, 4.69) is 19.5 Å². The number of carbonyl (C=O) groups excluding carboxylic acids is 1. The molecule has 0 saturated heterocycles. The van der Waals surface area contributed by atoms with Crippen LogP contribution in [0.3, 0.4) is 0 Å². The molecule has 1 heterocycles. The highest BCUT2D eigenvalue weighted by molar-refractivity contribution is 7.16. The van der Waals surface area contributed by atoms with Crippen LogP contribution in [0.25, 0.3) is 10.9 Å². The Hall–Kier alpha value is -2.36. The van der Waals surface area contributed by atoms with Crippen molar-refractivity contribution in [2.75, 3.05) is 11.5 Å². The zero-order valence-electron chi connectivity index (χ0n) is 14.0. The average molecular weight is 389 g/mol. The number of aryl methyl sites for hydroxylation is 1. The third kappa shape index (κ3) is 3.46. The number of carbonyl (C=O) groups is 2. The molecule has 1 amide bonds. The van der Waals surface area contributed by atoms with Gasteiger partial charge in [-0.15, -0.1) is 9.24 Å². The van der Waals surface area contributed by atoms with Gasteiger partial charge in [-0.05, 0) is 36.8 Å². The second kappa shape index (κ2) is 7.48. The van der Waals surface area contributed by atoms with E-state index in [1.54, 1.807) is 18.2 Å². The third-order valence-electron chi connectivity index (χ3n) is 4.30. The van der Waals surface area contributed by atoms with Gasteiger partial charge in [0, 0.05) is 27.2 Å². The quantitative estimate of drug-likeness (QED) is 0.566. The van der Waals surface area contributed by atoms with E-state index >= 15 is 0 Å². The van der Waals surface area contributed by atoms with Gasteiger partial charge < -0.3 is 15.4 Å². The first kappa shape index (κ1) is 18.4. The Morgan fingerprint density at radius 2 is 2.00 bits per heavy atom. The monoisotopic (exact) mass is 388 g/mol. The predicted octanol–water partition coefficient (Wildman–Crippen LogP) is 4.43. The number of nitrogens with one attached hydrogen (secondary N) is 2. The molecule has 0 radical (unpaired) electrons. The van der Waals surface area contributed by atoms with Crippen molar-refractivity contribution in [2.45, 2.75) is 12.8 Å². The first-order valence-electron chi connectivity index (χ1n) is 8.03. The molecule has 5 nitrogen and oxygen atoms in total. The Morgan fingerprint density at radius 1 is 1.27 bits per heavy atom. The Balaban J connectivity index is 2.01. The SMILES string of the molecule is Cc1ccc(NC(=O)C(CP)c2c(C(=O)O)[nH]c3ccccc23)cc1Cl. The summed E-state index contributed by atoms with van der Waals surface area (Å²) in [5, 5.41) is 13.7. The fraction of sp³-hybridized carbons (Fsp3) is 0.158. The molecule has 3 N–H and O–H groups in total. The molecule has 0 aliphatic rings. The van der Waals surface area contributed by atoms with Gasteiger partial charge in [0.05, 0.1) is 5.92 Å². The van der Waals surface area contributed by atoms with E-state index in [-0.39, 0.29) is 11.6 Å². The lowest BCUT2D eigenvalue weighted by Gasteiger charge is -2.16. The van der Waals surface area contributed by atoms with E-state index in [4.69, 9.17) is 11.6 Å². The number of benzene rings is 2. The molecule has 1 aromatic heterocycles. The first-order valence-corrected chi connectivity index (χ1v) is 9.22. The molecule has 0 aliphatic carbocycles. The first-order chi connectivity index (χ1) is 12.4. The van der Waals surface area contributed by atoms with Crippen LogP contribution in [0, 0.1) is 6.92 Å². The van der Waals surface area contributed by atoms with E-state index < -0.39 is 11.9 Å². The molecule has 26 heavy (non-hydrogen) atoms. The molecule has 0 aliphatic heterocycles. The molecule has 134 valence electrons. The minimum Gasteiger partial charge on any atom is -0.477 e. The maximum atomic E-state index is 12.9. The largest absolute Gasteiger partial charge is 0.477 e. The fourth-order valence-corrected chi connectivity index (χ4v) is 3.58. The molecule has 0 saturated carbocycles. The Morgan fingerprint density at radius 3 is 2.65 bits per heavy atom. The van der Waals surface area contributed by atoms with Crippen molar-refractivity contribution in [1.29, 1.82) is 0 Å². The van der Waals surface area contributed by atoms with Crippen LogP contribution in [0.5, 0.6) is 0 Å². The van der Waals surface area contributed by atoms with Crippen LogP contribution in [0.4, 0.5) is 5.69 Å². The average Bonchev–Trinajstić information content (AvgIpc) is 2.99. The Bertz CT molecular complexity index is 1000. The van der Waals surface area contributed by atoms with Gasteiger partial charge in [-0.3, -0.25) is 4.79 Å². The van der Waals surface area contributed by atoms with Crippen molar-refractivity contribution in [3.8, 4) is 0 Å². The Labute approximate surface area is 158 Å². The molecule has 0 bridgehead atoms. The lowest BCUT2D eigenvalue weighted by Crippen LogP contribution is -2.23. The summed E-state index contributed by atoms with van der Waals surface area (Å²) in [7, 11) is 2.52. The smallest absolute Gasteiger partial charge is 0.352 e. The zero-order valence-corrected chi connectivity index (χ0v) is 16.0. The van der Waals surface area contributed by atoms with Gasteiger partial charge in [-0.1, -0.05) is 35.9 Å². The van der Waals surface area contributed by atoms with Crippen LogP contribution in [0.15, 0.2) is 42.5 Å². The van der Waals surface area contributed by atoms with Crippen LogP contribution in [0.1, 0.15) is 27.5 Å². The number of hydrogen-bond donors (Lipinski definition) is 3. The minimum atomic E-state index is -1.09. The van der Waals surface area contributed by atoms with E-state index in [0.29, 0.717) is 28.0 Å². The topological polar surface area (TPSA) is 82.2 Å². The van der Waals surface area contributed by atoms with Crippen LogP contribution >= 0.6 is 20.8 Å². The molecule has 3 rings (SSSR count). The molecule has 2 unspecified atom stereocenters. The number of hydrogen-bond acceptors (Lipinski definition) is 2. The number of carboxylic acids is 1. The predicted molar refractivity (Wildman–Crippen MR) is 107 cm³/mol. The number of carboxylic acid groups (broad SMARTS) is 1. The van der Waals surface area contributed by atoms with E-state index in [1.165, 1.54) is 0 Å². The van der Waals surface area contributed by atoms with Crippen molar-refractivity contribution >= 4 is 49.3 Å². The number of amides is 1. The number of para-hydroxylation sites is 1. The van der Waals surface area contributed by atoms with E-state index in [1.807, 2.05) is 31.2 Å². The number of anilines is 1. The number of rotatable bonds is 5. The summed E-state index contributed by atoms with van der Waals surface area (Å²) < 4.78 is 0. The van der Waals surface area contributed by atoms with Crippen molar-refractivity contribution < 1.29 is 14.7 Å². The summed E-state index contributed by atoms with van der Waals surface area (Å²) in [6.07, 6.45) is 0.382.